The van der Waals surface area contributed by atoms with E-state index in [1.807, 2.05) is 18.2 Å². The molecule has 22 heavy (non-hydrogen) atoms. The number of nitrogens with one attached hydrogen (secondary N) is 1. The summed E-state index contributed by atoms with van der Waals surface area (Å²) >= 11 is 0. The van der Waals surface area contributed by atoms with E-state index in [9.17, 15) is 4.79 Å². The molecule has 0 bridgehead atoms. The lowest BCUT2D eigenvalue weighted by Gasteiger charge is -2.07. The fourth-order valence-corrected chi connectivity index (χ4v) is 2.15. The summed E-state index contributed by atoms with van der Waals surface area (Å²) in [5.74, 6) is 1.63. The fraction of sp³-hybridized carbons (Fsp3) is 0.389. The zero-order valence-corrected chi connectivity index (χ0v) is 13.0. The SMILES string of the molecule is CCCc1ccc(OCCCC(=O)NCc2ccco2)cc1. The van der Waals surface area contributed by atoms with Crippen molar-refractivity contribution in [3.63, 3.8) is 0 Å². The number of aryl methyl sites for hydroxylation is 1. The number of carbonyl (C=O) groups excluding carboxylic acids is 1. The molecular formula is C18H23NO3. The molecule has 118 valence electrons. The van der Waals surface area contributed by atoms with Crippen LogP contribution in [-0.4, -0.2) is 12.5 Å². The van der Waals surface area contributed by atoms with Crippen molar-refractivity contribution in [3.8, 4) is 5.75 Å². The van der Waals surface area contributed by atoms with E-state index in [1.165, 1.54) is 5.56 Å². The van der Waals surface area contributed by atoms with E-state index in [4.69, 9.17) is 9.15 Å². The minimum Gasteiger partial charge on any atom is -0.494 e. The topological polar surface area (TPSA) is 51.5 Å². The first kappa shape index (κ1) is 16.1. The third-order valence-electron chi connectivity index (χ3n) is 3.32. The van der Waals surface area contributed by atoms with Crippen LogP contribution in [0, 0.1) is 0 Å². The largest absolute Gasteiger partial charge is 0.494 e. The number of furan rings is 1. The van der Waals surface area contributed by atoms with Crippen LogP contribution in [-0.2, 0) is 17.8 Å². The Labute approximate surface area is 131 Å². The maximum atomic E-state index is 11.7. The molecule has 4 heteroatoms. The van der Waals surface area contributed by atoms with E-state index in [1.54, 1.807) is 12.3 Å². The summed E-state index contributed by atoms with van der Waals surface area (Å²) in [6.45, 7) is 3.15. The molecule has 0 radical (unpaired) electrons. The van der Waals surface area contributed by atoms with Crippen LogP contribution in [0.4, 0.5) is 0 Å². The normalized spacial score (nSPS) is 10.4. The molecule has 2 rings (SSSR count). The van der Waals surface area contributed by atoms with Gasteiger partial charge in [-0.1, -0.05) is 25.5 Å². The standard InChI is InChI=1S/C18H23NO3/c1-2-5-15-8-10-16(11-9-15)21-13-4-7-18(20)19-14-17-6-3-12-22-17/h3,6,8-12H,2,4-5,7,13-14H2,1H3,(H,19,20). The predicted molar refractivity (Wildman–Crippen MR) is 85.7 cm³/mol. The second-order valence-electron chi connectivity index (χ2n) is 5.20. The van der Waals surface area contributed by atoms with E-state index in [2.05, 4.69) is 24.4 Å². The Hall–Kier alpha value is -2.23. The van der Waals surface area contributed by atoms with Gasteiger partial charge in [-0.25, -0.2) is 0 Å². The van der Waals surface area contributed by atoms with E-state index in [0.29, 0.717) is 26.0 Å². The first-order valence-electron chi connectivity index (χ1n) is 7.78. The molecule has 1 N–H and O–H groups in total. The molecule has 1 aromatic carbocycles. The Kier molecular flexibility index (Phi) is 6.55. The van der Waals surface area contributed by atoms with Crippen molar-refractivity contribution in [2.75, 3.05) is 6.61 Å². The van der Waals surface area contributed by atoms with E-state index in [-0.39, 0.29) is 5.91 Å². The molecule has 0 unspecified atom stereocenters. The predicted octanol–water partition coefficient (Wildman–Crippen LogP) is 3.71. The quantitative estimate of drug-likeness (QED) is 0.718. The van der Waals surface area contributed by atoms with Crippen molar-refractivity contribution in [3.05, 3.63) is 54.0 Å². The van der Waals surface area contributed by atoms with E-state index in [0.717, 1.165) is 24.4 Å². The lowest BCUT2D eigenvalue weighted by molar-refractivity contribution is -0.121. The summed E-state index contributed by atoms with van der Waals surface area (Å²) in [6.07, 6.45) is 4.99. The van der Waals surface area contributed by atoms with Crippen molar-refractivity contribution < 1.29 is 13.9 Å². The molecule has 0 aliphatic heterocycles. The second kappa shape index (κ2) is 8.93. The van der Waals surface area contributed by atoms with E-state index < -0.39 is 0 Å². The van der Waals surface area contributed by atoms with Crippen LogP contribution in [0.3, 0.4) is 0 Å². The van der Waals surface area contributed by atoms with E-state index >= 15 is 0 Å². The number of hydrogen-bond donors (Lipinski definition) is 1. The van der Waals surface area contributed by atoms with Crippen molar-refractivity contribution in [2.45, 2.75) is 39.2 Å². The van der Waals surface area contributed by atoms with Crippen LogP contribution < -0.4 is 10.1 Å². The Morgan fingerprint density at radius 3 is 2.73 bits per heavy atom. The molecule has 0 fully saturated rings. The van der Waals surface area contributed by atoms with Gasteiger partial charge in [0.15, 0.2) is 0 Å². The molecule has 0 aliphatic rings. The highest BCUT2D eigenvalue weighted by Crippen LogP contribution is 2.13. The molecule has 1 amide bonds. The first-order chi connectivity index (χ1) is 10.8. The van der Waals surface area contributed by atoms with Crippen molar-refractivity contribution in [1.82, 2.24) is 5.32 Å². The monoisotopic (exact) mass is 301 g/mol. The average molecular weight is 301 g/mol. The molecule has 1 heterocycles. The minimum absolute atomic E-state index is 0.0123. The van der Waals surface area contributed by atoms with Gasteiger partial charge in [0.05, 0.1) is 19.4 Å². The van der Waals surface area contributed by atoms with Crippen LogP contribution in [0.2, 0.25) is 0 Å². The zero-order chi connectivity index (χ0) is 15.6. The van der Waals surface area contributed by atoms with Gasteiger partial charge in [0, 0.05) is 6.42 Å². The number of benzene rings is 1. The molecule has 0 saturated heterocycles. The number of amides is 1. The number of hydrogen-bond acceptors (Lipinski definition) is 3. The van der Waals surface area contributed by atoms with Gasteiger partial charge in [-0.15, -0.1) is 0 Å². The van der Waals surface area contributed by atoms with Gasteiger partial charge in [-0.3, -0.25) is 4.79 Å². The molecular weight excluding hydrogens is 278 g/mol. The van der Waals surface area contributed by atoms with Crippen LogP contribution in [0.25, 0.3) is 0 Å². The summed E-state index contributed by atoms with van der Waals surface area (Å²) in [5, 5.41) is 2.82. The zero-order valence-electron chi connectivity index (χ0n) is 13.0. The highest BCUT2D eigenvalue weighted by atomic mass is 16.5. The van der Waals surface area contributed by atoms with Gasteiger partial charge >= 0.3 is 0 Å². The smallest absolute Gasteiger partial charge is 0.220 e. The van der Waals surface area contributed by atoms with Crippen molar-refractivity contribution in [2.24, 2.45) is 0 Å². The maximum Gasteiger partial charge on any atom is 0.220 e. The van der Waals surface area contributed by atoms with Crippen LogP contribution >= 0.6 is 0 Å². The van der Waals surface area contributed by atoms with Gasteiger partial charge in [0.2, 0.25) is 5.91 Å². The molecule has 1 aromatic heterocycles. The number of rotatable bonds is 9. The van der Waals surface area contributed by atoms with Gasteiger partial charge in [-0.05, 0) is 42.7 Å². The van der Waals surface area contributed by atoms with Gasteiger partial charge in [-0.2, -0.15) is 0 Å². The fourth-order valence-electron chi connectivity index (χ4n) is 2.15. The minimum atomic E-state index is 0.0123. The Bertz CT molecular complexity index is 546. The lowest BCUT2D eigenvalue weighted by Crippen LogP contribution is -2.22. The summed E-state index contributed by atoms with van der Waals surface area (Å²) in [6, 6.07) is 11.8. The summed E-state index contributed by atoms with van der Waals surface area (Å²) in [5.41, 5.74) is 1.33. The van der Waals surface area contributed by atoms with Crippen LogP contribution in [0.1, 0.15) is 37.5 Å². The molecule has 0 atom stereocenters. The molecule has 0 saturated carbocycles. The first-order valence-corrected chi connectivity index (χ1v) is 7.78. The Morgan fingerprint density at radius 1 is 1.23 bits per heavy atom. The maximum absolute atomic E-state index is 11.7. The summed E-state index contributed by atoms with van der Waals surface area (Å²) < 4.78 is 10.8. The number of carbonyl (C=O) groups is 1. The van der Waals surface area contributed by atoms with Crippen LogP contribution in [0.15, 0.2) is 47.1 Å². The number of ether oxygens (including phenoxy) is 1. The summed E-state index contributed by atoms with van der Waals surface area (Å²) in [4.78, 5) is 11.7. The molecule has 4 nitrogen and oxygen atoms in total. The van der Waals surface area contributed by atoms with Gasteiger partial charge in [0.1, 0.15) is 11.5 Å². The second-order valence-corrected chi connectivity index (χ2v) is 5.20. The lowest BCUT2D eigenvalue weighted by atomic mass is 10.1. The highest BCUT2D eigenvalue weighted by Gasteiger charge is 2.03. The van der Waals surface area contributed by atoms with Crippen molar-refractivity contribution in [1.29, 1.82) is 0 Å². The summed E-state index contributed by atoms with van der Waals surface area (Å²) in [7, 11) is 0. The molecule has 0 aliphatic carbocycles. The Morgan fingerprint density at radius 2 is 2.05 bits per heavy atom. The molecule has 2 aromatic rings. The van der Waals surface area contributed by atoms with Crippen molar-refractivity contribution >= 4 is 5.91 Å². The highest BCUT2D eigenvalue weighted by molar-refractivity contribution is 5.75. The third kappa shape index (κ3) is 5.64. The Balaban J connectivity index is 1.59. The van der Waals surface area contributed by atoms with Gasteiger partial charge < -0.3 is 14.5 Å². The van der Waals surface area contributed by atoms with Crippen LogP contribution in [0.5, 0.6) is 5.75 Å². The average Bonchev–Trinajstić information content (AvgIpc) is 3.05. The van der Waals surface area contributed by atoms with Gasteiger partial charge in [0.25, 0.3) is 0 Å². The molecule has 0 spiro atoms. The third-order valence-corrected chi connectivity index (χ3v) is 3.32.